The summed E-state index contributed by atoms with van der Waals surface area (Å²) in [5.41, 5.74) is 6.20. The van der Waals surface area contributed by atoms with Gasteiger partial charge in [0.1, 0.15) is 6.54 Å². The molecule has 2 amide bonds. The van der Waals surface area contributed by atoms with Crippen molar-refractivity contribution in [2.45, 2.75) is 0 Å². The molecule has 0 saturated heterocycles. The number of carbonyl (C=O) groups excluding carboxylic acids is 2. The summed E-state index contributed by atoms with van der Waals surface area (Å²) in [4.78, 5) is 19.9. The van der Waals surface area contributed by atoms with E-state index < -0.39 is 11.8 Å². The minimum Gasteiger partial charge on any atom is -0.335 e. The fraction of sp³-hybridized carbons (Fsp3) is 0.250. The van der Waals surface area contributed by atoms with Crippen molar-refractivity contribution in [2.24, 2.45) is 0 Å². The lowest BCUT2D eigenvalue weighted by molar-refractivity contribution is -0.137. The van der Waals surface area contributed by atoms with Crippen molar-refractivity contribution in [2.75, 3.05) is 6.54 Å². The molecule has 0 saturated carbocycles. The first kappa shape index (κ1) is 7.43. The number of nitrogens with one attached hydrogen (secondary N) is 2. The summed E-state index contributed by atoms with van der Waals surface area (Å²) in [6.07, 6.45) is 0. The Labute approximate surface area is 51.4 Å². The van der Waals surface area contributed by atoms with E-state index >= 15 is 0 Å². The van der Waals surface area contributed by atoms with Crippen LogP contribution in [0.1, 0.15) is 0 Å². The highest BCUT2D eigenvalue weighted by molar-refractivity contribution is 6.34. The number of nitriles is 1. The van der Waals surface area contributed by atoms with Gasteiger partial charge in [0, 0.05) is 0 Å². The fourth-order valence-corrected chi connectivity index (χ4v) is 0.200. The molecule has 0 aliphatic rings. The third kappa shape index (κ3) is 3.05. The van der Waals surface area contributed by atoms with Crippen LogP contribution in [-0.2, 0) is 9.59 Å². The highest BCUT2D eigenvalue weighted by Crippen LogP contribution is 1.61. The predicted molar refractivity (Wildman–Crippen MR) is 26.7 cm³/mol. The number of amides is 2. The highest BCUT2D eigenvalue weighted by atomic mass is 16.2. The maximum atomic E-state index is 10.1. The lowest BCUT2D eigenvalue weighted by atomic mass is 10.5. The van der Waals surface area contributed by atoms with Gasteiger partial charge in [-0.25, -0.2) is 0 Å². The van der Waals surface area contributed by atoms with E-state index in [9.17, 15) is 9.59 Å². The molecule has 47 valence electrons. The molecule has 0 unspecified atom stereocenters. The van der Waals surface area contributed by atoms with E-state index in [-0.39, 0.29) is 6.54 Å². The molecule has 5 nitrogen and oxygen atoms in total. The summed E-state index contributed by atoms with van der Waals surface area (Å²) >= 11 is 0. The molecule has 0 bridgehead atoms. The van der Waals surface area contributed by atoms with Gasteiger partial charge in [-0.15, -0.1) is 0 Å². The Bertz CT molecular complexity index is 169. The first-order valence-electron chi connectivity index (χ1n) is 2.09. The van der Waals surface area contributed by atoms with Gasteiger partial charge >= 0.3 is 11.8 Å². The number of rotatable bonds is 1. The van der Waals surface area contributed by atoms with Crippen molar-refractivity contribution < 1.29 is 9.59 Å². The molecule has 0 aromatic heterocycles. The second-order valence-corrected chi connectivity index (χ2v) is 1.17. The van der Waals surface area contributed by atoms with Crippen LogP contribution in [0, 0.1) is 11.3 Å². The van der Waals surface area contributed by atoms with Gasteiger partial charge in [0.2, 0.25) is 0 Å². The second kappa shape index (κ2) is 3.43. The predicted octanol–water partition coefficient (Wildman–Crippen LogP) is -1.56. The average molecular weight is 126 g/mol. The van der Waals surface area contributed by atoms with Crippen LogP contribution in [-0.4, -0.2) is 18.4 Å². The topological polar surface area (TPSA) is 93.8 Å². The van der Waals surface area contributed by atoms with Gasteiger partial charge in [0.25, 0.3) is 0 Å². The van der Waals surface area contributed by atoms with Gasteiger partial charge in [-0.3, -0.25) is 15.3 Å². The molecule has 0 aromatic rings. The Balaban J connectivity index is 3.55. The number of nitrogens with zero attached hydrogens (tertiary/aromatic N) is 1. The Morgan fingerprint density at radius 1 is 1.67 bits per heavy atom. The van der Waals surface area contributed by atoms with E-state index in [2.05, 4.69) is 0 Å². The summed E-state index contributed by atoms with van der Waals surface area (Å²) in [7, 11) is 0. The lowest BCUT2D eigenvalue weighted by Crippen LogP contribution is -2.31. The molecule has 9 heavy (non-hydrogen) atoms. The van der Waals surface area contributed by atoms with Crippen LogP contribution in [0.15, 0.2) is 0 Å². The maximum Gasteiger partial charge on any atom is 0.327 e. The third-order valence-electron chi connectivity index (χ3n) is 0.534. The van der Waals surface area contributed by atoms with Crippen LogP contribution < -0.4 is 11.1 Å². The highest BCUT2D eigenvalue weighted by Gasteiger charge is 2.06. The van der Waals surface area contributed by atoms with E-state index in [1.165, 1.54) is 0 Å². The maximum absolute atomic E-state index is 10.1. The number of hydrogen-bond donors (Lipinski definition) is 1. The van der Waals surface area contributed by atoms with E-state index in [4.69, 9.17) is 11.0 Å². The van der Waals surface area contributed by atoms with Crippen LogP contribution in [0.3, 0.4) is 0 Å². The van der Waals surface area contributed by atoms with Gasteiger partial charge in [0.05, 0.1) is 6.07 Å². The summed E-state index contributed by atoms with van der Waals surface area (Å²) in [6.45, 7) is -0.233. The fourth-order valence-electron chi connectivity index (χ4n) is 0.200. The van der Waals surface area contributed by atoms with Crippen molar-refractivity contribution in [3.63, 3.8) is 0 Å². The summed E-state index contributed by atoms with van der Waals surface area (Å²) < 4.78 is 0. The summed E-state index contributed by atoms with van der Waals surface area (Å²) in [5, 5.41) is 9.75. The quantitative estimate of drug-likeness (QED) is 0.340. The zero-order chi connectivity index (χ0) is 7.28. The molecular weight excluding hydrogens is 122 g/mol. The Morgan fingerprint density at radius 3 is 2.56 bits per heavy atom. The molecule has 0 aliphatic carbocycles. The first-order chi connectivity index (χ1) is 4.18. The first-order valence-corrected chi connectivity index (χ1v) is 2.09. The van der Waals surface area contributed by atoms with Crippen LogP contribution in [0.4, 0.5) is 0 Å². The Morgan fingerprint density at radius 2 is 2.22 bits per heavy atom. The lowest BCUT2D eigenvalue weighted by Gasteiger charge is -1.90. The zero-order valence-corrected chi connectivity index (χ0v) is 4.47. The number of carbonyl (C=O) groups is 2. The Kier molecular flexibility index (Phi) is 2.84. The van der Waals surface area contributed by atoms with Crippen molar-refractivity contribution in [1.82, 2.24) is 11.1 Å². The average Bonchev–Trinajstić information content (AvgIpc) is 1.82. The van der Waals surface area contributed by atoms with Crippen molar-refractivity contribution in [3.8, 4) is 6.07 Å². The van der Waals surface area contributed by atoms with Crippen molar-refractivity contribution >= 4 is 11.8 Å². The SMILES string of the molecule is N#CCNC(=O)C([NH])=O. The van der Waals surface area contributed by atoms with E-state index in [1.54, 1.807) is 6.07 Å². The minimum atomic E-state index is -1.33. The molecule has 5 heteroatoms. The van der Waals surface area contributed by atoms with Crippen molar-refractivity contribution in [1.29, 1.82) is 5.26 Å². The standard InChI is InChI=1S/C4H4N3O2/c5-1-2-7-4(9)3(6)8/h6H,2H2,(H,7,9). The molecule has 0 aliphatic heterocycles. The third-order valence-corrected chi connectivity index (χ3v) is 0.534. The molecule has 0 aromatic carbocycles. The van der Waals surface area contributed by atoms with Crippen LogP contribution in [0.2, 0.25) is 0 Å². The molecule has 0 spiro atoms. The van der Waals surface area contributed by atoms with Gasteiger partial charge in [-0.2, -0.15) is 5.26 Å². The molecule has 2 N–H and O–H groups in total. The summed E-state index contributed by atoms with van der Waals surface area (Å²) in [6, 6.07) is 1.59. The smallest absolute Gasteiger partial charge is 0.327 e. The molecule has 0 fully saturated rings. The van der Waals surface area contributed by atoms with Crippen molar-refractivity contribution in [3.05, 3.63) is 0 Å². The van der Waals surface area contributed by atoms with E-state index in [0.29, 0.717) is 0 Å². The largest absolute Gasteiger partial charge is 0.335 e. The van der Waals surface area contributed by atoms with Gasteiger partial charge in [-0.1, -0.05) is 0 Å². The minimum absolute atomic E-state index is 0.233. The summed E-state index contributed by atoms with van der Waals surface area (Å²) in [5.74, 6) is -2.37. The van der Waals surface area contributed by atoms with E-state index in [0.717, 1.165) is 0 Å². The molecule has 0 atom stereocenters. The molecular formula is C4H4N3O2. The van der Waals surface area contributed by atoms with Crippen LogP contribution >= 0.6 is 0 Å². The van der Waals surface area contributed by atoms with Gasteiger partial charge in [-0.05, 0) is 0 Å². The second-order valence-electron chi connectivity index (χ2n) is 1.17. The monoisotopic (exact) mass is 126 g/mol. The Hall–Kier alpha value is -1.57. The molecule has 0 rings (SSSR count). The number of hydrogen-bond acceptors (Lipinski definition) is 3. The molecule has 1 radical (unpaired) electrons. The normalized spacial score (nSPS) is 7.44. The van der Waals surface area contributed by atoms with Gasteiger partial charge < -0.3 is 5.32 Å². The van der Waals surface area contributed by atoms with Gasteiger partial charge in [0.15, 0.2) is 0 Å². The molecule has 0 heterocycles. The zero-order valence-electron chi connectivity index (χ0n) is 4.47. The van der Waals surface area contributed by atoms with E-state index in [1.807, 2.05) is 5.32 Å². The van der Waals surface area contributed by atoms with Crippen LogP contribution in [0.25, 0.3) is 0 Å². The van der Waals surface area contributed by atoms with Crippen LogP contribution in [0.5, 0.6) is 0 Å².